The second-order valence-corrected chi connectivity index (χ2v) is 8.15. The molecule has 0 bridgehead atoms. The molecule has 0 atom stereocenters. The summed E-state index contributed by atoms with van der Waals surface area (Å²) in [5.41, 5.74) is 0.00939. The lowest BCUT2D eigenvalue weighted by Crippen LogP contribution is -2.51. The third kappa shape index (κ3) is 4.97. The van der Waals surface area contributed by atoms with Gasteiger partial charge in [-0.2, -0.15) is 9.78 Å². The largest absolute Gasteiger partial charge is 0.497 e. The molecule has 10 heteroatoms. The SMILES string of the molecule is CCN1CCN(C(=O)CNC(=O)c2nn(-c3ccc(OC)cc3OC)c(=O)c3ccccc23)CC1. The minimum Gasteiger partial charge on any atom is -0.497 e. The number of methoxy groups -OCH3 is 2. The maximum absolute atomic E-state index is 13.3. The highest BCUT2D eigenvalue weighted by molar-refractivity contribution is 6.05. The van der Waals surface area contributed by atoms with Crippen molar-refractivity contribution in [3.8, 4) is 17.2 Å². The quantitative estimate of drug-likeness (QED) is 0.544. The molecule has 1 saturated heterocycles. The van der Waals surface area contributed by atoms with E-state index in [1.165, 1.54) is 14.2 Å². The summed E-state index contributed by atoms with van der Waals surface area (Å²) >= 11 is 0. The Kier molecular flexibility index (Phi) is 7.31. The van der Waals surface area contributed by atoms with Crippen molar-refractivity contribution in [1.82, 2.24) is 24.9 Å². The minimum absolute atomic E-state index is 0.0432. The molecule has 4 rings (SSSR count). The van der Waals surface area contributed by atoms with Gasteiger partial charge in [-0.1, -0.05) is 25.1 Å². The van der Waals surface area contributed by atoms with Crippen LogP contribution in [0.15, 0.2) is 47.3 Å². The van der Waals surface area contributed by atoms with Gasteiger partial charge in [0.2, 0.25) is 5.91 Å². The smallest absolute Gasteiger partial charge is 0.279 e. The number of nitrogens with one attached hydrogen (secondary N) is 1. The molecule has 1 aliphatic rings. The molecule has 2 heterocycles. The van der Waals surface area contributed by atoms with E-state index in [0.29, 0.717) is 41.0 Å². The summed E-state index contributed by atoms with van der Waals surface area (Å²) in [7, 11) is 3.01. The molecule has 0 saturated carbocycles. The number of benzene rings is 2. The van der Waals surface area contributed by atoms with Gasteiger partial charge in [0.05, 0.1) is 26.2 Å². The minimum atomic E-state index is -0.539. The summed E-state index contributed by atoms with van der Waals surface area (Å²) < 4.78 is 11.8. The van der Waals surface area contributed by atoms with Crippen LogP contribution in [0.25, 0.3) is 16.5 Å². The Morgan fingerprint density at radius 2 is 1.71 bits per heavy atom. The van der Waals surface area contributed by atoms with Crippen molar-refractivity contribution >= 4 is 22.6 Å². The van der Waals surface area contributed by atoms with E-state index in [2.05, 4.69) is 22.2 Å². The maximum Gasteiger partial charge on any atom is 0.279 e. The monoisotopic (exact) mass is 479 g/mol. The fraction of sp³-hybridized carbons (Fsp3) is 0.360. The third-order valence-corrected chi connectivity index (χ3v) is 6.21. The molecule has 0 spiro atoms. The summed E-state index contributed by atoms with van der Waals surface area (Å²) in [5.74, 6) is 0.226. The number of ether oxygens (including phenoxy) is 2. The van der Waals surface area contributed by atoms with E-state index in [0.717, 1.165) is 24.3 Å². The van der Waals surface area contributed by atoms with Crippen LogP contribution < -0.4 is 20.3 Å². The summed E-state index contributed by atoms with van der Waals surface area (Å²) in [4.78, 5) is 43.1. The highest BCUT2D eigenvalue weighted by Gasteiger charge is 2.23. The van der Waals surface area contributed by atoms with Gasteiger partial charge in [0, 0.05) is 37.6 Å². The molecule has 10 nitrogen and oxygen atoms in total. The number of carbonyl (C=O) groups is 2. The van der Waals surface area contributed by atoms with E-state index in [9.17, 15) is 14.4 Å². The third-order valence-electron chi connectivity index (χ3n) is 6.21. The van der Waals surface area contributed by atoms with E-state index in [4.69, 9.17) is 9.47 Å². The molecule has 1 N–H and O–H groups in total. The molecule has 1 aliphatic heterocycles. The standard InChI is InChI=1S/C25H29N5O5/c1-4-28-11-13-29(14-12-28)22(31)16-26-24(32)23-18-7-5-6-8-19(18)25(33)30(27-23)20-10-9-17(34-2)15-21(20)35-3/h5-10,15H,4,11-14,16H2,1-3H3,(H,26,32). The Morgan fingerprint density at radius 3 is 2.37 bits per heavy atom. The second kappa shape index (κ2) is 10.6. The van der Waals surface area contributed by atoms with Crippen molar-refractivity contribution in [1.29, 1.82) is 0 Å². The molecule has 1 aromatic heterocycles. The van der Waals surface area contributed by atoms with Gasteiger partial charge in [-0.3, -0.25) is 14.4 Å². The average Bonchev–Trinajstić information content (AvgIpc) is 2.91. The molecular weight excluding hydrogens is 450 g/mol. The van der Waals surface area contributed by atoms with Crippen molar-refractivity contribution in [2.24, 2.45) is 0 Å². The van der Waals surface area contributed by atoms with E-state index >= 15 is 0 Å². The fourth-order valence-electron chi connectivity index (χ4n) is 4.15. The number of hydrogen-bond acceptors (Lipinski definition) is 7. The van der Waals surface area contributed by atoms with Gasteiger partial charge >= 0.3 is 0 Å². The van der Waals surface area contributed by atoms with Gasteiger partial charge in [-0.05, 0) is 24.7 Å². The lowest BCUT2D eigenvalue weighted by molar-refractivity contribution is -0.131. The van der Waals surface area contributed by atoms with Crippen LogP contribution in [0.2, 0.25) is 0 Å². The number of aromatic nitrogens is 2. The van der Waals surface area contributed by atoms with E-state index in [1.807, 2.05) is 0 Å². The zero-order chi connectivity index (χ0) is 24.9. The Hall–Kier alpha value is -3.92. The molecule has 1 fully saturated rings. The molecule has 3 aromatic rings. The zero-order valence-electron chi connectivity index (χ0n) is 20.1. The number of nitrogens with zero attached hydrogens (tertiary/aromatic N) is 4. The predicted molar refractivity (Wildman–Crippen MR) is 131 cm³/mol. The highest BCUT2D eigenvalue weighted by atomic mass is 16.5. The van der Waals surface area contributed by atoms with Crippen LogP contribution in [0.4, 0.5) is 0 Å². The first-order chi connectivity index (χ1) is 17.0. The molecule has 2 amide bonds. The highest BCUT2D eigenvalue weighted by Crippen LogP contribution is 2.27. The molecule has 35 heavy (non-hydrogen) atoms. The van der Waals surface area contributed by atoms with E-state index in [-0.39, 0.29) is 18.1 Å². The first-order valence-corrected chi connectivity index (χ1v) is 11.5. The number of rotatable bonds is 7. The lowest BCUT2D eigenvalue weighted by atomic mass is 10.1. The fourth-order valence-corrected chi connectivity index (χ4v) is 4.15. The number of piperazine rings is 1. The number of amides is 2. The molecule has 184 valence electrons. The van der Waals surface area contributed by atoms with Gasteiger partial charge < -0.3 is 24.6 Å². The normalized spacial score (nSPS) is 14.1. The van der Waals surface area contributed by atoms with Gasteiger partial charge in [0.15, 0.2) is 5.69 Å². The second-order valence-electron chi connectivity index (χ2n) is 8.15. The van der Waals surface area contributed by atoms with Crippen molar-refractivity contribution in [3.63, 3.8) is 0 Å². The van der Waals surface area contributed by atoms with Crippen molar-refractivity contribution in [2.45, 2.75) is 6.92 Å². The van der Waals surface area contributed by atoms with E-state index in [1.54, 1.807) is 47.4 Å². The Balaban J connectivity index is 1.64. The van der Waals surface area contributed by atoms with Gasteiger partial charge in [0.25, 0.3) is 11.5 Å². The van der Waals surface area contributed by atoms with Gasteiger partial charge in [-0.15, -0.1) is 0 Å². The Labute approximate surface area is 203 Å². The van der Waals surface area contributed by atoms with Crippen LogP contribution in [0, 0.1) is 0 Å². The van der Waals surface area contributed by atoms with Crippen LogP contribution in [0.1, 0.15) is 17.4 Å². The molecule has 2 aromatic carbocycles. The first kappa shape index (κ1) is 24.2. The maximum atomic E-state index is 13.3. The molecule has 0 radical (unpaired) electrons. The number of fused-ring (bicyclic) bond motifs is 1. The summed E-state index contributed by atoms with van der Waals surface area (Å²) in [6.45, 7) is 5.79. The first-order valence-electron chi connectivity index (χ1n) is 11.5. The summed E-state index contributed by atoms with van der Waals surface area (Å²) in [6, 6.07) is 11.7. The lowest BCUT2D eigenvalue weighted by Gasteiger charge is -2.34. The number of carbonyl (C=O) groups excluding carboxylic acids is 2. The van der Waals surface area contributed by atoms with Crippen LogP contribution in [0.3, 0.4) is 0 Å². The van der Waals surface area contributed by atoms with Crippen LogP contribution in [-0.2, 0) is 4.79 Å². The van der Waals surface area contributed by atoms with Gasteiger partial charge in [0.1, 0.15) is 17.2 Å². The predicted octanol–water partition coefficient (Wildman–Crippen LogP) is 1.30. The average molecular weight is 480 g/mol. The molecule has 0 unspecified atom stereocenters. The van der Waals surface area contributed by atoms with Gasteiger partial charge in [-0.25, -0.2) is 0 Å². The van der Waals surface area contributed by atoms with E-state index < -0.39 is 11.5 Å². The topological polar surface area (TPSA) is 106 Å². The Morgan fingerprint density at radius 1 is 1.00 bits per heavy atom. The number of likely N-dealkylation sites (N-methyl/N-ethyl adjacent to an activating group) is 1. The zero-order valence-corrected chi connectivity index (χ0v) is 20.1. The van der Waals surface area contributed by atoms with Crippen LogP contribution in [0.5, 0.6) is 11.5 Å². The van der Waals surface area contributed by atoms with Crippen molar-refractivity contribution in [3.05, 3.63) is 58.5 Å². The van der Waals surface area contributed by atoms with Crippen LogP contribution in [-0.4, -0.2) is 84.9 Å². The van der Waals surface area contributed by atoms with Crippen LogP contribution >= 0.6 is 0 Å². The Bertz CT molecular complexity index is 1300. The summed E-state index contributed by atoms with van der Waals surface area (Å²) in [6.07, 6.45) is 0. The number of hydrogen-bond donors (Lipinski definition) is 1. The van der Waals surface area contributed by atoms with Crippen molar-refractivity contribution in [2.75, 3.05) is 53.5 Å². The summed E-state index contributed by atoms with van der Waals surface area (Å²) in [5, 5.41) is 7.80. The van der Waals surface area contributed by atoms with Crippen molar-refractivity contribution < 1.29 is 19.1 Å². The molecule has 0 aliphatic carbocycles. The molecular formula is C25H29N5O5.